The van der Waals surface area contributed by atoms with E-state index in [1.165, 1.54) is 6.07 Å². The molecular formula is C24H24FNO4S2. The van der Waals surface area contributed by atoms with Crippen LogP contribution in [0.1, 0.15) is 18.4 Å². The van der Waals surface area contributed by atoms with Gasteiger partial charge in [-0.05, 0) is 41.8 Å². The average molecular weight is 474 g/mol. The van der Waals surface area contributed by atoms with E-state index in [-0.39, 0.29) is 18.0 Å². The smallest absolute Gasteiger partial charge is 0.166 e. The van der Waals surface area contributed by atoms with Crippen molar-refractivity contribution in [1.29, 1.82) is 0 Å². The Morgan fingerprint density at radius 1 is 1.06 bits per heavy atom. The number of Topliss-reactive ketones (excluding diaryl/α,β-unsaturated/α-hetero) is 1. The van der Waals surface area contributed by atoms with Crippen molar-refractivity contribution < 1.29 is 23.4 Å². The summed E-state index contributed by atoms with van der Waals surface area (Å²) in [5.74, 6) is 1.98. The maximum absolute atomic E-state index is 14.8. The zero-order valence-corrected chi connectivity index (χ0v) is 19.8. The van der Waals surface area contributed by atoms with Crippen molar-refractivity contribution >= 4 is 45.5 Å². The van der Waals surface area contributed by atoms with Gasteiger partial charge in [-0.3, -0.25) is 9.78 Å². The third-order valence-electron chi connectivity index (χ3n) is 4.80. The van der Waals surface area contributed by atoms with E-state index in [1.54, 1.807) is 62.5 Å². The molecule has 5 nitrogen and oxygen atoms in total. The van der Waals surface area contributed by atoms with Crippen LogP contribution >= 0.6 is 24.0 Å². The fraction of sp³-hybridized carbons (Fsp3) is 0.292. The van der Waals surface area contributed by atoms with Gasteiger partial charge >= 0.3 is 0 Å². The molecule has 32 heavy (non-hydrogen) atoms. The van der Waals surface area contributed by atoms with Crippen molar-refractivity contribution in [2.75, 3.05) is 26.2 Å². The highest BCUT2D eigenvalue weighted by Gasteiger charge is 2.14. The van der Waals surface area contributed by atoms with Crippen LogP contribution in [0.5, 0.6) is 23.0 Å². The Balaban J connectivity index is 1.77. The van der Waals surface area contributed by atoms with Gasteiger partial charge in [0.2, 0.25) is 0 Å². The summed E-state index contributed by atoms with van der Waals surface area (Å²) in [5.41, 5.74) is 1.33. The minimum absolute atomic E-state index is 0.0815. The Morgan fingerprint density at radius 2 is 1.81 bits per heavy atom. The zero-order chi connectivity index (χ0) is 23.1. The molecule has 8 heteroatoms. The number of methoxy groups -OCH3 is 2. The lowest BCUT2D eigenvalue weighted by atomic mass is 10.0. The first kappa shape index (κ1) is 23.9. The van der Waals surface area contributed by atoms with E-state index in [4.69, 9.17) is 26.4 Å². The van der Waals surface area contributed by atoms with Gasteiger partial charge < -0.3 is 14.2 Å². The summed E-state index contributed by atoms with van der Waals surface area (Å²) in [4.78, 5) is 16.8. The number of nitrogens with zero attached hydrogens (tertiary/aromatic N) is 1. The van der Waals surface area contributed by atoms with E-state index >= 15 is 0 Å². The molecule has 3 aromatic rings. The second kappa shape index (κ2) is 11.2. The number of benzene rings is 2. The van der Waals surface area contributed by atoms with Gasteiger partial charge in [0.15, 0.2) is 23.1 Å². The predicted octanol–water partition coefficient (Wildman–Crippen LogP) is 5.81. The molecule has 0 saturated heterocycles. The molecule has 0 spiro atoms. The molecule has 0 unspecified atom stereocenters. The van der Waals surface area contributed by atoms with Crippen LogP contribution in [0, 0.1) is 5.82 Å². The number of ketones is 1. The quantitative estimate of drug-likeness (QED) is 0.326. The Morgan fingerprint density at radius 3 is 2.50 bits per heavy atom. The third kappa shape index (κ3) is 5.95. The second-order valence-electron chi connectivity index (χ2n) is 7.07. The molecule has 2 aromatic carbocycles. The van der Waals surface area contributed by atoms with Crippen molar-refractivity contribution in [2.24, 2.45) is 0 Å². The Bertz CT molecular complexity index is 1140. The highest BCUT2D eigenvalue weighted by atomic mass is 32.2. The van der Waals surface area contributed by atoms with Crippen LogP contribution in [0.15, 0.2) is 42.6 Å². The SMILES string of the molecule is COc1cc2nccc(Oc3ccc(CC(=S)CC(=O)CCSC)cc3F)c2cc1OC. The standard InChI is InChI=1S/C24H24FNO4S2/c1-28-23-13-18-20(14-24(23)29-2)26-8-6-21(18)30-22-5-4-15(11-19(22)25)10-17(31)12-16(27)7-9-32-3/h4-6,8,11,13-14H,7,9-10,12H2,1-3H3. The number of aromatic nitrogens is 1. The number of thioether (sulfide) groups is 1. The second-order valence-corrected chi connectivity index (χ2v) is 8.64. The van der Waals surface area contributed by atoms with Crippen LogP contribution in [0.2, 0.25) is 0 Å². The fourth-order valence-electron chi connectivity index (χ4n) is 3.21. The molecule has 0 N–H and O–H groups in total. The van der Waals surface area contributed by atoms with Crippen LogP contribution in [-0.2, 0) is 11.2 Å². The molecular weight excluding hydrogens is 449 g/mol. The van der Waals surface area contributed by atoms with E-state index in [0.29, 0.717) is 51.4 Å². The van der Waals surface area contributed by atoms with E-state index < -0.39 is 5.82 Å². The number of pyridine rings is 1. The lowest BCUT2D eigenvalue weighted by Crippen LogP contribution is -2.09. The van der Waals surface area contributed by atoms with Crippen LogP contribution in [0.3, 0.4) is 0 Å². The van der Waals surface area contributed by atoms with Crippen molar-refractivity contribution in [2.45, 2.75) is 19.3 Å². The predicted molar refractivity (Wildman–Crippen MR) is 130 cm³/mol. The average Bonchev–Trinajstić information content (AvgIpc) is 2.78. The molecule has 3 rings (SSSR count). The first-order valence-corrected chi connectivity index (χ1v) is 11.7. The summed E-state index contributed by atoms with van der Waals surface area (Å²) in [6, 6.07) is 9.86. The molecule has 0 amide bonds. The van der Waals surface area contributed by atoms with Crippen molar-refractivity contribution in [3.8, 4) is 23.0 Å². The van der Waals surface area contributed by atoms with Gasteiger partial charge in [0.05, 0.1) is 19.7 Å². The Labute approximate surface area is 196 Å². The number of ether oxygens (including phenoxy) is 3. The number of hydrogen-bond donors (Lipinski definition) is 0. The monoisotopic (exact) mass is 473 g/mol. The van der Waals surface area contributed by atoms with Gasteiger partial charge in [-0.1, -0.05) is 18.3 Å². The van der Waals surface area contributed by atoms with Crippen molar-refractivity contribution in [3.63, 3.8) is 0 Å². The molecule has 0 saturated carbocycles. The minimum Gasteiger partial charge on any atom is -0.493 e. The minimum atomic E-state index is -0.510. The number of carbonyl (C=O) groups is 1. The van der Waals surface area contributed by atoms with Gasteiger partial charge in [-0.2, -0.15) is 11.8 Å². The van der Waals surface area contributed by atoms with Crippen LogP contribution < -0.4 is 14.2 Å². The lowest BCUT2D eigenvalue weighted by molar-refractivity contribution is -0.117. The normalized spacial score (nSPS) is 10.8. The van der Waals surface area contributed by atoms with E-state index in [0.717, 1.165) is 5.75 Å². The van der Waals surface area contributed by atoms with Crippen LogP contribution in [-0.4, -0.2) is 41.9 Å². The first-order valence-electron chi connectivity index (χ1n) is 9.94. The molecule has 168 valence electrons. The van der Waals surface area contributed by atoms with Crippen molar-refractivity contribution in [1.82, 2.24) is 4.98 Å². The van der Waals surface area contributed by atoms with Gasteiger partial charge in [-0.15, -0.1) is 0 Å². The summed E-state index contributed by atoms with van der Waals surface area (Å²) in [5, 5.41) is 0.665. The number of carbonyl (C=O) groups excluding carboxylic acids is 1. The molecule has 0 atom stereocenters. The molecule has 0 fully saturated rings. The maximum atomic E-state index is 14.8. The van der Waals surface area contributed by atoms with E-state index in [2.05, 4.69) is 4.98 Å². The number of fused-ring (bicyclic) bond motifs is 1. The molecule has 0 bridgehead atoms. The maximum Gasteiger partial charge on any atom is 0.166 e. The van der Waals surface area contributed by atoms with Gasteiger partial charge in [0.1, 0.15) is 11.5 Å². The van der Waals surface area contributed by atoms with E-state index in [1.807, 2.05) is 6.26 Å². The zero-order valence-electron chi connectivity index (χ0n) is 18.1. The summed E-state index contributed by atoms with van der Waals surface area (Å²) < 4.78 is 31.3. The van der Waals surface area contributed by atoms with Crippen molar-refractivity contribution in [3.05, 3.63) is 54.0 Å². The first-order chi connectivity index (χ1) is 15.4. The number of hydrogen-bond acceptors (Lipinski definition) is 7. The number of thiocarbonyl (C=S) groups is 1. The number of halogens is 1. The topological polar surface area (TPSA) is 57.7 Å². The summed E-state index contributed by atoms with van der Waals surface area (Å²) >= 11 is 6.96. The molecule has 0 aliphatic heterocycles. The highest BCUT2D eigenvalue weighted by molar-refractivity contribution is 7.98. The summed E-state index contributed by atoms with van der Waals surface area (Å²) in [7, 11) is 3.09. The Hall–Kier alpha value is -2.71. The lowest BCUT2D eigenvalue weighted by Gasteiger charge is -2.13. The van der Waals surface area contributed by atoms with E-state index in [9.17, 15) is 9.18 Å². The molecule has 1 aromatic heterocycles. The van der Waals surface area contributed by atoms with Gasteiger partial charge in [-0.25, -0.2) is 4.39 Å². The number of rotatable bonds is 11. The highest BCUT2D eigenvalue weighted by Crippen LogP contribution is 2.37. The van der Waals surface area contributed by atoms with Crippen LogP contribution in [0.4, 0.5) is 4.39 Å². The third-order valence-corrected chi connectivity index (χ3v) is 5.70. The molecule has 0 radical (unpaired) electrons. The molecule has 0 aliphatic carbocycles. The van der Waals surface area contributed by atoms with Gasteiger partial charge in [0.25, 0.3) is 0 Å². The fourth-order valence-corrected chi connectivity index (χ4v) is 3.97. The van der Waals surface area contributed by atoms with Gasteiger partial charge in [0, 0.05) is 41.8 Å². The molecule has 0 aliphatic rings. The van der Waals surface area contributed by atoms with Crippen LogP contribution in [0.25, 0.3) is 10.9 Å². The largest absolute Gasteiger partial charge is 0.493 e. The Kier molecular flexibility index (Phi) is 8.41. The summed E-state index contributed by atoms with van der Waals surface area (Å²) in [6.07, 6.45) is 4.65. The summed E-state index contributed by atoms with van der Waals surface area (Å²) in [6.45, 7) is 0. The molecule has 1 heterocycles.